The fourth-order valence-electron chi connectivity index (χ4n) is 3.27. The summed E-state index contributed by atoms with van der Waals surface area (Å²) in [4.78, 5) is 14.4. The molecular weight excluding hydrogens is 288 g/mol. The molecule has 1 amide bonds. The van der Waals surface area contributed by atoms with Gasteiger partial charge < -0.3 is 10.1 Å². The Kier molecular flexibility index (Phi) is 4.94. The lowest BCUT2D eigenvalue weighted by Gasteiger charge is -2.18. The van der Waals surface area contributed by atoms with Crippen LogP contribution in [0.3, 0.4) is 0 Å². The van der Waals surface area contributed by atoms with Crippen molar-refractivity contribution in [3.8, 4) is 0 Å². The molecule has 2 atom stereocenters. The van der Waals surface area contributed by atoms with Crippen molar-refractivity contribution < 1.29 is 9.53 Å². The van der Waals surface area contributed by atoms with Crippen molar-refractivity contribution in [2.24, 2.45) is 0 Å². The molecule has 1 saturated heterocycles. The summed E-state index contributed by atoms with van der Waals surface area (Å²) in [7, 11) is 3.69. The number of likely N-dealkylation sites (tertiary alicyclic amines) is 1. The Morgan fingerprint density at radius 1 is 1.26 bits per heavy atom. The van der Waals surface area contributed by atoms with Gasteiger partial charge in [-0.15, -0.1) is 0 Å². The van der Waals surface area contributed by atoms with Gasteiger partial charge in [0, 0.05) is 20.2 Å². The quantitative estimate of drug-likeness (QED) is 0.920. The number of carbonyl (C=O) groups excluding carboxylic acids is 1. The van der Waals surface area contributed by atoms with Crippen LogP contribution in [0.4, 0.5) is 0 Å². The molecule has 4 heteroatoms. The summed E-state index contributed by atoms with van der Waals surface area (Å²) in [6, 6.07) is 14.7. The van der Waals surface area contributed by atoms with E-state index in [9.17, 15) is 4.79 Å². The first-order valence-corrected chi connectivity index (χ1v) is 8.16. The van der Waals surface area contributed by atoms with Gasteiger partial charge in [0.05, 0.1) is 12.1 Å². The van der Waals surface area contributed by atoms with Crippen LogP contribution >= 0.6 is 0 Å². The number of fused-ring (bicyclic) bond motifs is 1. The van der Waals surface area contributed by atoms with Crippen molar-refractivity contribution in [1.82, 2.24) is 10.2 Å². The second-order valence-corrected chi connectivity index (χ2v) is 6.27. The van der Waals surface area contributed by atoms with Crippen LogP contribution in [0.25, 0.3) is 10.8 Å². The van der Waals surface area contributed by atoms with E-state index in [4.69, 9.17) is 4.74 Å². The number of rotatable bonds is 5. The van der Waals surface area contributed by atoms with Gasteiger partial charge in [-0.25, -0.2) is 0 Å². The first-order valence-electron chi connectivity index (χ1n) is 8.16. The Labute approximate surface area is 137 Å². The molecule has 2 aromatic carbocycles. The summed E-state index contributed by atoms with van der Waals surface area (Å²) >= 11 is 0. The fraction of sp³-hybridized carbons (Fsp3) is 0.421. The molecule has 23 heavy (non-hydrogen) atoms. The molecule has 1 aliphatic rings. The third-order valence-electron chi connectivity index (χ3n) is 4.67. The van der Waals surface area contributed by atoms with Crippen LogP contribution < -0.4 is 5.32 Å². The molecule has 0 spiro atoms. The number of amides is 1. The van der Waals surface area contributed by atoms with Gasteiger partial charge >= 0.3 is 0 Å². The summed E-state index contributed by atoms with van der Waals surface area (Å²) < 4.78 is 5.35. The van der Waals surface area contributed by atoms with Crippen LogP contribution in [0.5, 0.6) is 0 Å². The highest BCUT2D eigenvalue weighted by Gasteiger charge is 2.34. The van der Waals surface area contributed by atoms with Gasteiger partial charge in [-0.3, -0.25) is 9.69 Å². The minimum absolute atomic E-state index is 0.0726. The highest BCUT2D eigenvalue weighted by atomic mass is 16.5. The number of methoxy groups -OCH3 is 1. The summed E-state index contributed by atoms with van der Waals surface area (Å²) in [6.07, 6.45) is 1.78. The minimum atomic E-state index is -0.0726. The van der Waals surface area contributed by atoms with E-state index in [-0.39, 0.29) is 18.1 Å². The number of carbonyl (C=O) groups is 1. The van der Waals surface area contributed by atoms with Crippen LogP contribution in [0.1, 0.15) is 12.0 Å². The molecule has 122 valence electrons. The third-order valence-corrected chi connectivity index (χ3v) is 4.67. The van der Waals surface area contributed by atoms with Crippen LogP contribution in [0.15, 0.2) is 42.5 Å². The Bertz CT molecular complexity index is 686. The highest BCUT2D eigenvalue weighted by molar-refractivity contribution is 5.83. The van der Waals surface area contributed by atoms with Crippen LogP contribution in [0.2, 0.25) is 0 Å². The van der Waals surface area contributed by atoms with Crippen LogP contribution in [-0.4, -0.2) is 50.2 Å². The number of benzene rings is 2. The standard InChI is InChI=1S/C19H24N2O2/c1-21-13-17(23-2)12-18(21)19(22)20-10-9-14-7-8-15-5-3-4-6-16(15)11-14/h3-8,11,17-18H,9-10,12-13H2,1-2H3,(H,20,22)/t17-,18-/m0/s1. The molecule has 0 aromatic heterocycles. The molecule has 1 heterocycles. The molecule has 2 aromatic rings. The maximum atomic E-state index is 12.3. The smallest absolute Gasteiger partial charge is 0.237 e. The first-order chi connectivity index (χ1) is 11.2. The summed E-state index contributed by atoms with van der Waals surface area (Å²) in [5, 5.41) is 5.55. The van der Waals surface area contributed by atoms with Crippen LogP contribution in [0, 0.1) is 0 Å². The Balaban J connectivity index is 1.53. The van der Waals surface area contributed by atoms with Crippen molar-refractivity contribution in [2.75, 3.05) is 27.2 Å². The number of nitrogens with one attached hydrogen (secondary N) is 1. The molecule has 0 saturated carbocycles. The molecule has 1 N–H and O–H groups in total. The highest BCUT2D eigenvalue weighted by Crippen LogP contribution is 2.18. The average molecular weight is 312 g/mol. The van der Waals surface area contributed by atoms with Gasteiger partial charge in [-0.2, -0.15) is 0 Å². The number of nitrogens with zero attached hydrogens (tertiary/aromatic N) is 1. The topological polar surface area (TPSA) is 41.6 Å². The van der Waals surface area contributed by atoms with E-state index in [1.54, 1.807) is 7.11 Å². The molecule has 3 rings (SSSR count). The summed E-state index contributed by atoms with van der Waals surface area (Å²) in [5.74, 6) is 0.104. The van der Waals surface area contributed by atoms with Gasteiger partial charge in [0.2, 0.25) is 5.91 Å². The van der Waals surface area contributed by atoms with Crippen molar-refractivity contribution in [1.29, 1.82) is 0 Å². The van der Waals surface area contributed by atoms with E-state index >= 15 is 0 Å². The van der Waals surface area contributed by atoms with Gasteiger partial charge in [0.1, 0.15) is 0 Å². The zero-order chi connectivity index (χ0) is 16.2. The lowest BCUT2D eigenvalue weighted by atomic mass is 10.1. The number of likely N-dealkylation sites (N-methyl/N-ethyl adjacent to an activating group) is 1. The van der Waals surface area contributed by atoms with E-state index in [0.717, 1.165) is 19.4 Å². The minimum Gasteiger partial charge on any atom is -0.380 e. The van der Waals surface area contributed by atoms with E-state index < -0.39 is 0 Å². The summed E-state index contributed by atoms with van der Waals surface area (Å²) in [6.45, 7) is 1.48. The van der Waals surface area contributed by atoms with Crippen molar-refractivity contribution in [2.45, 2.75) is 25.0 Å². The fourth-order valence-corrected chi connectivity index (χ4v) is 3.27. The zero-order valence-electron chi connectivity index (χ0n) is 13.8. The SMILES string of the molecule is CO[C@H]1C[C@@H](C(=O)NCCc2ccc3ccccc3c2)N(C)C1. The third kappa shape index (κ3) is 3.71. The monoisotopic (exact) mass is 312 g/mol. The zero-order valence-corrected chi connectivity index (χ0v) is 13.8. The molecule has 1 fully saturated rings. The van der Waals surface area contributed by atoms with Crippen molar-refractivity contribution >= 4 is 16.7 Å². The van der Waals surface area contributed by atoms with Gasteiger partial charge in [-0.05, 0) is 36.2 Å². The number of hydrogen-bond donors (Lipinski definition) is 1. The lowest BCUT2D eigenvalue weighted by Crippen LogP contribution is -2.42. The molecule has 4 nitrogen and oxygen atoms in total. The first kappa shape index (κ1) is 16.0. The second kappa shape index (κ2) is 7.11. The maximum Gasteiger partial charge on any atom is 0.237 e. The Morgan fingerprint density at radius 2 is 2.04 bits per heavy atom. The average Bonchev–Trinajstić information content (AvgIpc) is 2.96. The number of hydrogen-bond acceptors (Lipinski definition) is 3. The Hall–Kier alpha value is -1.91. The molecule has 0 bridgehead atoms. The van der Waals surface area contributed by atoms with E-state index in [1.165, 1.54) is 16.3 Å². The molecule has 0 unspecified atom stereocenters. The Morgan fingerprint density at radius 3 is 2.78 bits per heavy atom. The predicted octanol–water partition coefficient (Wildman–Crippen LogP) is 2.22. The van der Waals surface area contributed by atoms with E-state index in [1.807, 2.05) is 13.1 Å². The lowest BCUT2D eigenvalue weighted by molar-refractivity contribution is -0.125. The van der Waals surface area contributed by atoms with Gasteiger partial charge in [-0.1, -0.05) is 42.5 Å². The van der Waals surface area contributed by atoms with Gasteiger partial charge in [0.25, 0.3) is 0 Å². The van der Waals surface area contributed by atoms with E-state index in [0.29, 0.717) is 6.54 Å². The second-order valence-electron chi connectivity index (χ2n) is 6.27. The number of ether oxygens (including phenoxy) is 1. The molecule has 0 radical (unpaired) electrons. The molecular formula is C19H24N2O2. The largest absolute Gasteiger partial charge is 0.380 e. The molecule has 1 aliphatic heterocycles. The van der Waals surface area contributed by atoms with Crippen molar-refractivity contribution in [3.63, 3.8) is 0 Å². The van der Waals surface area contributed by atoms with E-state index in [2.05, 4.69) is 46.6 Å². The predicted molar refractivity (Wildman–Crippen MR) is 92.5 cm³/mol. The molecule has 0 aliphatic carbocycles. The summed E-state index contributed by atoms with van der Waals surface area (Å²) in [5.41, 5.74) is 1.25. The van der Waals surface area contributed by atoms with Gasteiger partial charge in [0.15, 0.2) is 0 Å². The maximum absolute atomic E-state index is 12.3. The normalized spacial score (nSPS) is 21.7. The van der Waals surface area contributed by atoms with Crippen molar-refractivity contribution in [3.05, 3.63) is 48.0 Å². The van der Waals surface area contributed by atoms with Crippen LogP contribution in [-0.2, 0) is 16.0 Å².